The van der Waals surface area contributed by atoms with Gasteiger partial charge in [0.25, 0.3) is 0 Å². The molecule has 0 heterocycles. The molecular weight excluding hydrogens is 280 g/mol. The molecule has 2 unspecified atom stereocenters. The number of carbonyl (C=O) groups is 2. The van der Waals surface area contributed by atoms with E-state index in [9.17, 15) is 9.59 Å². The van der Waals surface area contributed by atoms with Gasteiger partial charge in [0.1, 0.15) is 0 Å². The van der Waals surface area contributed by atoms with Gasteiger partial charge in [0.05, 0.1) is 12.6 Å². The molecule has 1 amide bonds. The standard InChI is InChI=1S/C17H26N2O3/c1-4-10-19(12-16(20)21)14(3)17(22)18-11-13(2)15-8-6-5-7-9-15/h5-9,13-14H,4,10-12H2,1-3H3,(H,18,22)(H,20,21). The van der Waals surface area contributed by atoms with E-state index >= 15 is 0 Å². The fourth-order valence-electron chi connectivity index (χ4n) is 2.34. The van der Waals surface area contributed by atoms with E-state index < -0.39 is 12.0 Å². The molecular formula is C17H26N2O3. The SMILES string of the molecule is CCCN(CC(=O)O)C(C)C(=O)NCC(C)c1ccccc1. The van der Waals surface area contributed by atoms with Crippen molar-refractivity contribution in [1.82, 2.24) is 10.2 Å². The van der Waals surface area contributed by atoms with Crippen LogP contribution in [0.3, 0.4) is 0 Å². The highest BCUT2D eigenvalue weighted by Crippen LogP contribution is 2.13. The molecule has 0 saturated carbocycles. The molecule has 0 saturated heterocycles. The lowest BCUT2D eigenvalue weighted by Gasteiger charge is -2.26. The lowest BCUT2D eigenvalue weighted by atomic mass is 10.0. The first-order chi connectivity index (χ1) is 10.5. The first kappa shape index (κ1) is 18.2. The fraction of sp³-hybridized carbons (Fsp3) is 0.529. The Bertz CT molecular complexity index is 476. The Morgan fingerprint density at radius 3 is 2.41 bits per heavy atom. The van der Waals surface area contributed by atoms with Crippen LogP contribution in [0.15, 0.2) is 30.3 Å². The molecule has 0 aliphatic heterocycles. The van der Waals surface area contributed by atoms with Crippen LogP contribution in [0.4, 0.5) is 0 Å². The van der Waals surface area contributed by atoms with E-state index in [0.29, 0.717) is 13.1 Å². The van der Waals surface area contributed by atoms with Crippen LogP contribution >= 0.6 is 0 Å². The minimum absolute atomic E-state index is 0.114. The summed E-state index contributed by atoms with van der Waals surface area (Å²) in [6.45, 7) is 6.80. The highest BCUT2D eigenvalue weighted by molar-refractivity contribution is 5.82. The van der Waals surface area contributed by atoms with Crippen molar-refractivity contribution >= 4 is 11.9 Å². The van der Waals surface area contributed by atoms with Crippen molar-refractivity contribution < 1.29 is 14.7 Å². The summed E-state index contributed by atoms with van der Waals surface area (Å²) in [4.78, 5) is 24.8. The van der Waals surface area contributed by atoms with Gasteiger partial charge in [-0.1, -0.05) is 44.2 Å². The van der Waals surface area contributed by atoms with Gasteiger partial charge in [-0.15, -0.1) is 0 Å². The van der Waals surface area contributed by atoms with Crippen molar-refractivity contribution in [1.29, 1.82) is 0 Å². The Labute approximate surface area is 132 Å². The molecule has 2 N–H and O–H groups in total. The summed E-state index contributed by atoms with van der Waals surface area (Å²) in [7, 11) is 0. The van der Waals surface area contributed by atoms with Crippen LogP contribution in [0.25, 0.3) is 0 Å². The number of amides is 1. The van der Waals surface area contributed by atoms with Crippen molar-refractivity contribution in [2.24, 2.45) is 0 Å². The number of hydrogen-bond donors (Lipinski definition) is 2. The predicted molar refractivity (Wildman–Crippen MR) is 86.8 cm³/mol. The van der Waals surface area contributed by atoms with Crippen LogP contribution in [-0.2, 0) is 9.59 Å². The molecule has 2 atom stereocenters. The number of rotatable bonds is 9. The molecule has 0 spiro atoms. The van der Waals surface area contributed by atoms with Crippen LogP contribution in [0, 0.1) is 0 Å². The molecule has 5 heteroatoms. The monoisotopic (exact) mass is 306 g/mol. The quantitative estimate of drug-likeness (QED) is 0.733. The highest BCUT2D eigenvalue weighted by atomic mass is 16.4. The Morgan fingerprint density at radius 2 is 1.86 bits per heavy atom. The number of hydrogen-bond acceptors (Lipinski definition) is 3. The number of carboxylic acid groups (broad SMARTS) is 1. The van der Waals surface area contributed by atoms with Gasteiger partial charge in [-0.3, -0.25) is 14.5 Å². The molecule has 0 fully saturated rings. The molecule has 1 rings (SSSR count). The minimum atomic E-state index is -0.911. The van der Waals surface area contributed by atoms with E-state index in [1.165, 1.54) is 5.56 Å². The summed E-state index contributed by atoms with van der Waals surface area (Å²) in [5, 5.41) is 11.9. The predicted octanol–water partition coefficient (Wildman–Crippen LogP) is 2.09. The van der Waals surface area contributed by atoms with Crippen LogP contribution in [-0.4, -0.2) is 47.6 Å². The summed E-state index contributed by atoms with van der Waals surface area (Å²) in [5.74, 6) is -0.820. The van der Waals surface area contributed by atoms with Gasteiger partial charge in [0.15, 0.2) is 0 Å². The largest absolute Gasteiger partial charge is 0.480 e. The Morgan fingerprint density at radius 1 is 1.23 bits per heavy atom. The number of nitrogens with zero attached hydrogens (tertiary/aromatic N) is 1. The van der Waals surface area contributed by atoms with E-state index in [1.54, 1.807) is 11.8 Å². The van der Waals surface area contributed by atoms with E-state index in [2.05, 4.69) is 12.2 Å². The second-order valence-corrected chi connectivity index (χ2v) is 5.60. The summed E-state index contributed by atoms with van der Waals surface area (Å²) in [6.07, 6.45) is 0.811. The molecule has 0 aromatic heterocycles. The molecule has 1 aromatic rings. The summed E-state index contributed by atoms with van der Waals surface area (Å²) in [6, 6.07) is 9.55. The average Bonchev–Trinajstić information content (AvgIpc) is 2.51. The lowest BCUT2D eigenvalue weighted by Crippen LogP contribution is -2.48. The zero-order valence-corrected chi connectivity index (χ0v) is 13.6. The van der Waals surface area contributed by atoms with Crippen molar-refractivity contribution in [3.63, 3.8) is 0 Å². The molecule has 0 aliphatic rings. The lowest BCUT2D eigenvalue weighted by molar-refractivity contribution is -0.139. The maximum Gasteiger partial charge on any atom is 0.317 e. The van der Waals surface area contributed by atoms with Gasteiger partial charge in [-0.05, 0) is 31.4 Å². The Kier molecular flexibility index (Phi) is 7.60. The number of aliphatic carboxylic acids is 1. The van der Waals surface area contributed by atoms with Gasteiger partial charge in [0, 0.05) is 6.54 Å². The van der Waals surface area contributed by atoms with Crippen molar-refractivity contribution in [2.45, 2.75) is 39.2 Å². The zero-order chi connectivity index (χ0) is 16.5. The first-order valence-corrected chi connectivity index (χ1v) is 7.74. The van der Waals surface area contributed by atoms with Crippen LogP contribution < -0.4 is 5.32 Å². The summed E-state index contributed by atoms with van der Waals surface area (Å²) >= 11 is 0. The van der Waals surface area contributed by atoms with Gasteiger partial charge in [-0.25, -0.2) is 0 Å². The molecule has 5 nitrogen and oxygen atoms in total. The first-order valence-electron chi connectivity index (χ1n) is 7.74. The topological polar surface area (TPSA) is 69.6 Å². The molecule has 0 radical (unpaired) electrons. The highest BCUT2D eigenvalue weighted by Gasteiger charge is 2.22. The van der Waals surface area contributed by atoms with E-state index in [-0.39, 0.29) is 18.4 Å². The van der Waals surface area contributed by atoms with E-state index in [1.807, 2.05) is 37.3 Å². The molecule has 0 aliphatic carbocycles. The van der Waals surface area contributed by atoms with E-state index in [0.717, 1.165) is 6.42 Å². The number of nitrogens with one attached hydrogen (secondary N) is 1. The third kappa shape index (κ3) is 5.85. The van der Waals surface area contributed by atoms with Crippen molar-refractivity contribution in [3.05, 3.63) is 35.9 Å². The van der Waals surface area contributed by atoms with Gasteiger partial charge in [-0.2, -0.15) is 0 Å². The zero-order valence-electron chi connectivity index (χ0n) is 13.6. The van der Waals surface area contributed by atoms with Gasteiger partial charge >= 0.3 is 5.97 Å². The maximum atomic E-state index is 12.2. The average molecular weight is 306 g/mol. The number of carbonyl (C=O) groups excluding carboxylic acids is 1. The van der Waals surface area contributed by atoms with Gasteiger partial charge < -0.3 is 10.4 Å². The second kappa shape index (κ2) is 9.20. The molecule has 0 bridgehead atoms. The molecule has 22 heavy (non-hydrogen) atoms. The van der Waals surface area contributed by atoms with Crippen molar-refractivity contribution in [2.75, 3.05) is 19.6 Å². The normalized spacial score (nSPS) is 13.6. The Balaban J connectivity index is 2.53. The summed E-state index contributed by atoms with van der Waals surface area (Å²) < 4.78 is 0. The van der Waals surface area contributed by atoms with E-state index in [4.69, 9.17) is 5.11 Å². The maximum absolute atomic E-state index is 12.2. The van der Waals surface area contributed by atoms with Crippen molar-refractivity contribution in [3.8, 4) is 0 Å². The third-order valence-corrected chi connectivity index (χ3v) is 3.73. The van der Waals surface area contributed by atoms with Gasteiger partial charge in [0.2, 0.25) is 5.91 Å². The second-order valence-electron chi connectivity index (χ2n) is 5.60. The summed E-state index contributed by atoms with van der Waals surface area (Å²) in [5.41, 5.74) is 1.17. The number of carboxylic acids is 1. The number of benzene rings is 1. The molecule has 122 valence electrons. The molecule has 1 aromatic carbocycles. The minimum Gasteiger partial charge on any atom is -0.480 e. The van der Waals surface area contributed by atoms with Crippen LogP contribution in [0.1, 0.15) is 38.7 Å². The van der Waals surface area contributed by atoms with Crippen LogP contribution in [0.2, 0.25) is 0 Å². The van der Waals surface area contributed by atoms with Crippen LogP contribution in [0.5, 0.6) is 0 Å². The third-order valence-electron chi connectivity index (χ3n) is 3.73. The Hall–Kier alpha value is -1.88. The smallest absolute Gasteiger partial charge is 0.317 e. The fourth-order valence-corrected chi connectivity index (χ4v) is 2.34.